The Morgan fingerprint density at radius 1 is 1.31 bits per heavy atom. The summed E-state index contributed by atoms with van der Waals surface area (Å²) in [5.74, 6) is 1.31. The lowest BCUT2D eigenvalue weighted by Gasteiger charge is -2.15. The van der Waals surface area contributed by atoms with Crippen LogP contribution in [-0.2, 0) is 12.3 Å². The van der Waals surface area contributed by atoms with Gasteiger partial charge >= 0.3 is 0 Å². The fourth-order valence-corrected chi connectivity index (χ4v) is 3.17. The minimum Gasteiger partial charge on any atom is -0.297 e. The summed E-state index contributed by atoms with van der Waals surface area (Å²) in [7, 11) is 0. The van der Waals surface area contributed by atoms with E-state index in [-0.39, 0.29) is 0 Å². The van der Waals surface area contributed by atoms with Crippen molar-refractivity contribution in [1.29, 1.82) is 0 Å². The van der Waals surface area contributed by atoms with E-state index in [1.807, 2.05) is 11.3 Å². The zero-order chi connectivity index (χ0) is 12.1. The van der Waals surface area contributed by atoms with Gasteiger partial charge in [-0.05, 0) is 19.0 Å². The lowest BCUT2D eigenvalue weighted by molar-refractivity contribution is 0.295. The zero-order valence-corrected chi connectivity index (χ0v) is 12.4. The van der Waals surface area contributed by atoms with Crippen molar-refractivity contribution < 1.29 is 0 Å². The van der Waals surface area contributed by atoms with Crippen LogP contribution in [0.5, 0.6) is 0 Å². The van der Waals surface area contributed by atoms with Gasteiger partial charge in [0.15, 0.2) is 0 Å². The van der Waals surface area contributed by atoms with Crippen molar-refractivity contribution in [1.82, 2.24) is 9.88 Å². The summed E-state index contributed by atoms with van der Waals surface area (Å²) < 4.78 is 0. The van der Waals surface area contributed by atoms with Gasteiger partial charge < -0.3 is 0 Å². The lowest BCUT2D eigenvalue weighted by Crippen LogP contribution is -2.21. The van der Waals surface area contributed by atoms with Crippen LogP contribution >= 0.6 is 24.0 Å². The van der Waals surface area contributed by atoms with Crippen LogP contribution in [0.1, 0.15) is 49.2 Å². The molecule has 0 saturated heterocycles. The van der Waals surface area contributed by atoms with Crippen LogP contribution < -0.4 is 0 Å². The van der Waals surface area contributed by atoms with E-state index in [1.165, 1.54) is 15.6 Å². The van der Waals surface area contributed by atoms with Gasteiger partial charge in [0.1, 0.15) is 5.01 Å². The maximum absolute atomic E-state index is 4.74. The van der Waals surface area contributed by atoms with Gasteiger partial charge in [0.2, 0.25) is 0 Å². The average molecular weight is 258 g/mol. The second-order valence-electron chi connectivity index (χ2n) is 4.19. The molecule has 0 radical (unpaired) electrons. The Balaban J connectivity index is 2.82. The van der Waals surface area contributed by atoms with E-state index in [1.54, 1.807) is 0 Å². The van der Waals surface area contributed by atoms with Crippen LogP contribution in [0.15, 0.2) is 0 Å². The third-order valence-corrected chi connectivity index (χ3v) is 4.30. The van der Waals surface area contributed by atoms with E-state index < -0.39 is 0 Å². The first-order valence-electron chi connectivity index (χ1n) is 5.94. The van der Waals surface area contributed by atoms with Crippen LogP contribution in [0, 0.1) is 0 Å². The topological polar surface area (TPSA) is 16.1 Å². The molecule has 0 atom stereocenters. The largest absolute Gasteiger partial charge is 0.297 e. The summed E-state index contributed by atoms with van der Waals surface area (Å²) in [5.41, 5.74) is 1.24. The number of thiazole rings is 1. The summed E-state index contributed by atoms with van der Waals surface area (Å²) >= 11 is 6.20. The highest BCUT2D eigenvalue weighted by Gasteiger charge is 2.14. The molecule has 0 aliphatic heterocycles. The molecule has 0 bridgehead atoms. The maximum atomic E-state index is 4.74. The molecule has 4 heteroatoms. The van der Waals surface area contributed by atoms with Crippen molar-refractivity contribution in [2.24, 2.45) is 0 Å². The van der Waals surface area contributed by atoms with Gasteiger partial charge in [-0.25, -0.2) is 4.98 Å². The summed E-state index contributed by atoms with van der Waals surface area (Å²) in [6.07, 6.45) is 0. The normalized spacial score (nSPS) is 11.7. The lowest BCUT2D eigenvalue weighted by atomic mass is 10.1. The molecule has 0 unspecified atom stereocenters. The zero-order valence-electron chi connectivity index (χ0n) is 10.7. The molecule has 0 aliphatic carbocycles. The van der Waals surface area contributed by atoms with Crippen LogP contribution in [0.4, 0.5) is 0 Å². The molecule has 0 N–H and O–H groups in total. The molecule has 0 aliphatic rings. The fourth-order valence-electron chi connectivity index (χ4n) is 1.68. The molecule has 0 spiro atoms. The smallest absolute Gasteiger partial charge is 0.107 e. The minimum absolute atomic E-state index is 0.504. The number of nitrogens with zero attached hydrogens (tertiary/aromatic N) is 2. The van der Waals surface area contributed by atoms with Gasteiger partial charge in [0.25, 0.3) is 0 Å². The van der Waals surface area contributed by atoms with Crippen LogP contribution in [0.3, 0.4) is 0 Å². The molecule has 1 rings (SSSR count). The summed E-state index contributed by atoms with van der Waals surface area (Å²) in [6, 6.07) is 0. The van der Waals surface area contributed by atoms with Gasteiger partial charge in [-0.15, -0.1) is 11.3 Å². The number of rotatable bonds is 6. The predicted molar refractivity (Wildman–Crippen MR) is 75.5 cm³/mol. The molecule has 0 aromatic carbocycles. The summed E-state index contributed by atoms with van der Waals surface area (Å²) in [5, 5.41) is 1.23. The van der Waals surface area contributed by atoms with Crippen molar-refractivity contribution in [3.8, 4) is 0 Å². The fraction of sp³-hybridized carbons (Fsp3) is 0.750. The maximum Gasteiger partial charge on any atom is 0.107 e. The molecule has 2 nitrogen and oxygen atoms in total. The summed E-state index contributed by atoms with van der Waals surface area (Å²) in [6.45, 7) is 11.9. The first-order chi connectivity index (χ1) is 7.62. The first-order valence-corrected chi connectivity index (χ1v) is 7.38. The van der Waals surface area contributed by atoms with Crippen LogP contribution in [0.25, 0.3) is 0 Å². The second kappa shape index (κ2) is 6.62. The molecule has 0 amide bonds. The Hall–Kier alpha value is -0.0600. The van der Waals surface area contributed by atoms with Gasteiger partial charge in [-0.3, -0.25) is 4.90 Å². The van der Waals surface area contributed by atoms with Crippen molar-refractivity contribution in [2.45, 2.75) is 45.9 Å². The Labute approximate surface area is 108 Å². The van der Waals surface area contributed by atoms with Crippen LogP contribution in [0.2, 0.25) is 0 Å². The third kappa shape index (κ3) is 3.47. The van der Waals surface area contributed by atoms with Gasteiger partial charge in [-0.2, -0.15) is 12.6 Å². The molecule has 1 heterocycles. The molecule has 92 valence electrons. The highest BCUT2D eigenvalue weighted by Crippen LogP contribution is 2.27. The molecule has 1 aromatic rings. The Bertz CT molecular complexity index is 317. The third-order valence-electron chi connectivity index (χ3n) is 2.72. The SMILES string of the molecule is CCN(CC)Cc1nc(C(C)C)c(CS)s1. The van der Waals surface area contributed by atoms with E-state index in [9.17, 15) is 0 Å². The Morgan fingerprint density at radius 2 is 1.94 bits per heavy atom. The second-order valence-corrected chi connectivity index (χ2v) is 5.67. The van der Waals surface area contributed by atoms with Crippen molar-refractivity contribution in [3.05, 3.63) is 15.6 Å². The first kappa shape index (κ1) is 14.0. The molecule has 0 saturated carbocycles. The van der Waals surface area contributed by atoms with Crippen molar-refractivity contribution >= 4 is 24.0 Å². The standard InChI is InChI=1S/C12H22N2S2/c1-5-14(6-2)7-11-13-12(9(3)4)10(8-15)16-11/h9,15H,5-8H2,1-4H3. The van der Waals surface area contributed by atoms with Gasteiger partial charge in [-0.1, -0.05) is 27.7 Å². The summed E-state index contributed by atoms with van der Waals surface area (Å²) in [4.78, 5) is 8.47. The molecule has 16 heavy (non-hydrogen) atoms. The van der Waals surface area contributed by atoms with E-state index in [0.29, 0.717) is 5.92 Å². The molecular weight excluding hydrogens is 236 g/mol. The number of aromatic nitrogens is 1. The van der Waals surface area contributed by atoms with Crippen molar-refractivity contribution in [3.63, 3.8) is 0 Å². The molecular formula is C12H22N2S2. The van der Waals surface area contributed by atoms with E-state index in [4.69, 9.17) is 4.98 Å². The molecule has 0 fully saturated rings. The number of thiol groups is 1. The number of hydrogen-bond donors (Lipinski definition) is 1. The van der Waals surface area contributed by atoms with Crippen molar-refractivity contribution in [2.75, 3.05) is 13.1 Å². The Kier molecular flexibility index (Phi) is 5.79. The van der Waals surface area contributed by atoms with E-state index in [2.05, 4.69) is 45.2 Å². The van der Waals surface area contributed by atoms with Crippen LogP contribution in [-0.4, -0.2) is 23.0 Å². The number of hydrogen-bond acceptors (Lipinski definition) is 4. The van der Waals surface area contributed by atoms with Gasteiger partial charge in [0.05, 0.1) is 12.2 Å². The minimum atomic E-state index is 0.504. The van der Waals surface area contributed by atoms with E-state index >= 15 is 0 Å². The molecule has 1 aromatic heterocycles. The predicted octanol–water partition coefficient (Wildman–Crippen LogP) is 3.54. The quantitative estimate of drug-likeness (QED) is 0.786. The highest BCUT2D eigenvalue weighted by atomic mass is 32.1. The highest BCUT2D eigenvalue weighted by molar-refractivity contribution is 7.79. The van der Waals surface area contributed by atoms with Gasteiger partial charge in [0, 0.05) is 10.6 Å². The monoisotopic (exact) mass is 258 g/mol. The average Bonchev–Trinajstić information content (AvgIpc) is 2.69. The Morgan fingerprint density at radius 3 is 2.31 bits per heavy atom. The van der Waals surface area contributed by atoms with E-state index in [0.717, 1.165) is 25.4 Å².